The quantitative estimate of drug-likeness (QED) is 0.486. The molecule has 29 heavy (non-hydrogen) atoms. The van der Waals surface area contributed by atoms with E-state index < -0.39 is 0 Å². The van der Waals surface area contributed by atoms with E-state index in [1.165, 1.54) is 55.2 Å². The molecule has 4 rings (SSSR count). The van der Waals surface area contributed by atoms with E-state index in [4.69, 9.17) is 0 Å². The average Bonchev–Trinajstić information content (AvgIpc) is 3.49. The average molecular weight is 449 g/mol. The van der Waals surface area contributed by atoms with Gasteiger partial charge in [-0.2, -0.15) is 0 Å². The fraction of sp³-hybridized carbons (Fsp3) is 0.526. The first kappa shape index (κ1) is 20.5. The molecule has 1 fully saturated rings. The van der Waals surface area contributed by atoms with Crippen molar-refractivity contribution in [1.29, 1.82) is 0 Å². The number of nitrogens with zero attached hydrogens (tertiary/aromatic N) is 5. The van der Waals surface area contributed by atoms with Crippen LogP contribution in [0.15, 0.2) is 22.7 Å². The molecule has 0 aliphatic heterocycles. The summed E-state index contributed by atoms with van der Waals surface area (Å²) < 4.78 is 2.09. The van der Waals surface area contributed by atoms with E-state index in [0.29, 0.717) is 11.0 Å². The Kier molecular flexibility index (Phi) is 6.94. The SMILES string of the molecule is CCCn1c(SCC(=O)Nc2nnc(C3CCCCC3)s2)nnc1-c1cccs1. The minimum Gasteiger partial charge on any atom is -0.301 e. The molecular weight excluding hydrogens is 424 g/mol. The van der Waals surface area contributed by atoms with Crippen molar-refractivity contribution >= 4 is 45.5 Å². The number of aromatic nitrogens is 5. The maximum atomic E-state index is 12.4. The zero-order valence-corrected chi connectivity index (χ0v) is 18.8. The molecule has 0 saturated heterocycles. The fourth-order valence-corrected chi connectivity index (χ4v) is 5.90. The Morgan fingerprint density at radius 2 is 2.10 bits per heavy atom. The van der Waals surface area contributed by atoms with Gasteiger partial charge >= 0.3 is 0 Å². The molecule has 0 radical (unpaired) electrons. The molecule has 0 aromatic carbocycles. The highest BCUT2D eigenvalue weighted by atomic mass is 32.2. The van der Waals surface area contributed by atoms with Crippen LogP contribution in [0.5, 0.6) is 0 Å². The number of anilines is 1. The Morgan fingerprint density at radius 3 is 2.86 bits per heavy atom. The lowest BCUT2D eigenvalue weighted by atomic mass is 9.90. The summed E-state index contributed by atoms with van der Waals surface area (Å²) in [6.07, 6.45) is 7.16. The van der Waals surface area contributed by atoms with Crippen molar-refractivity contribution in [3.63, 3.8) is 0 Å². The Hall–Kier alpha value is -1.78. The molecule has 1 aliphatic carbocycles. The van der Waals surface area contributed by atoms with Crippen LogP contribution >= 0.6 is 34.4 Å². The number of rotatable bonds is 8. The van der Waals surface area contributed by atoms with E-state index in [2.05, 4.69) is 37.2 Å². The van der Waals surface area contributed by atoms with Gasteiger partial charge in [0.25, 0.3) is 0 Å². The van der Waals surface area contributed by atoms with Gasteiger partial charge in [-0.05, 0) is 30.7 Å². The lowest BCUT2D eigenvalue weighted by molar-refractivity contribution is -0.113. The van der Waals surface area contributed by atoms with E-state index in [1.807, 2.05) is 17.5 Å². The van der Waals surface area contributed by atoms with Gasteiger partial charge in [0.15, 0.2) is 11.0 Å². The highest BCUT2D eigenvalue weighted by molar-refractivity contribution is 7.99. The van der Waals surface area contributed by atoms with E-state index >= 15 is 0 Å². The minimum atomic E-state index is -0.0925. The summed E-state index contributed by atoms with van der Waals surface area (Å²) in [5.74, 6) is 1.55. The lowest BCUT2D eigenvalue weighted by Crippen LogP contribution is -2.14. The van der Waals surface area contributed by atoms with Crippen molar-refractivity contribution in [3.05, 3.63) is 22.5 Å². The second kappa shape index (κ2) is 9.82. The number of nitrogens with one attached hydrogen (secondary N) is 1. The number of carbonyl (C=O) groups is 1. The molecule has 3 heterocycles. The summed E-state index contributed by atoms with van der Waals surface area (Å²) in [4.78, 5) is 13.5. The summed E-state index contributed by atoms with van der Waals surface area (Å²) in [5.41, 5.74) is 0. The van der Waals surface area contributed by atoms with Gasteiger partial charge in [0.05, 0.1) is 10.6 Å². The standard InChI is InChI=1S/C19H24N6OS3/c1-2-10-25-16(14-9-6-11-27-14)21-24-19(25)28-12-15(26)20-18-23-22-17(29-18)13-7-4-3-5-8-13/h6,9,11,13H,2-5,7-8,10,12H2,1H3,(H,20,23,26). The molecule has 1 aliphatic rings. The van der Waals surface area contributed by atoms with Crippen LogP contribution in [0.2, 0.25) is 0 Å². The normalized spacial score (nSPS) is 14.9. The topological polar surface area (TPSA) is 85.6 Å². The van der Waals surface area contributed by atoms with Gasteiger partial charge in [0, 0.05) is 12.5 Å². The third-order valence-electron chi connectivity index (χ3n) is 4.88. The first-order chi connectivity index (χ1) is 14.2. The molecule has 0 unspecified atom stereocenters. The van der Waals surface area contributed by atoms with Gasteiger partial charge in [-0.15, -0.1) is 31.7 Å². The van der Waals surface area contributed by atoms with E-state index in [9.17, 15) is 4.79 Å². The van der Waals surface area contributed by atoms with Gasteiger partial charge < -0.3 is 4.57 Å². The second-order valence-corrected chi connectivity index (χ2v) is 9.95. The van der Waals surface area contributed by atoms with Gasteiger partial charge in [-0.3, -0.25) is 10.1 Å². The largest absolute Gasteiger partial charge is 0.301 e. The maximum absolute atomic E-state index is 12.4. The van der Waals surface area contributed by atoms with E-state index in [-0.39, 0.29) is 11.7 Å². The van der Waals surface area contributed by atoms with Crippen molar-refractivity contribution in [2.45, 2.75) is 63.1 Å². The maximum Gasteiger partial charge on any atom is 0.236 e. The van der Waals surface area contributed by atoms with Crippen LogP contribution in [0.25, 0.3) is 10.7 Å². The van der Waals surface area contributed by atoms with Crippen molar-refractivity contribution in [2.24, 2.45) is 0 Å². The number of thiophene rings is 1. The van der Waals surface area contributed by atoms with Gasteiger partial charge in [0.2, 0.25) is 11.0 Å². The predicted molar refractivity (Wildman–Crippen MR) is 119 cm³/mol. The number of thioether (sulfide) groups is 1. The van der Waals surface area contributed by atoms with E-state index in [0.717, 1.165) is 33.8 Å². The Bertz CT molecular complexity index is 930. The van der Waals surface area contributed by atoms with Crippen molar-refractivity contribution in [1.82, 2.24) is 25.0 Å². The Morgan fingerprint density at radius 1 is 1.24 bits per heavy atom. The van der Waals surface area contributed by atoms with Crippen LogP contribution in [0.1, 0.15) is 56.4 Å². The zero-order chi connectivity index (χ0) is 20.1. The number of hydrogen-bond acceptors (Lipinski definition) is 8. The number of amides is 1. The van der Waals surface area contributed by atoms with E-state index in [1.54, 1.807) is 11.3 Å². The molecular formula is C19H24N6OS3. The van der Waals surface area contributed by atoms with Crippen LogP contribution in [0.3, 0.4) is 0 Å². The van der Waals surface area contributed by atoms with Crippen molar-refractivity contribution in [3.8, 4) is 10.7 Å². The summed E-state index contributed by atoms with van der Waals surface area (Å²) in [6.45, 7) is 2.95. The summed E-state index contributed by atoms with van der Waals surface area (Å²) in [6, 6.07) is 4.05. The molecule has 1 N–H and O–H groups in total. The smallest absolute Gasteiger partial charge is 0.236 e. The Labute approximate surface area is 182 Å². The fourth-order valence-electron chi connectivity index (χ4n) is 3.49. The lowest BCUT2D eigenvalue weighted by Gasteiger charge is -2.18. The molecule has 1 saturated carbocycles. The number of hydrogen-bond donors (Lipinski definition) is 1. The predicted octanol–water partition coefficient (Wildman–Crippen LogP) is 5.05. The zero-order valence-electron chi connectivity index (χ0n) is 16.3. The first-order valence-electron chi connectivity index (χ1n) is 9.97. The first-order valence-corrected chi connectivity index (χ1v) is 12.7. The van der Waals surface area contributed by atoms with Crippen molar-refractivity contribution < 1.29 is 4.79 Å². The third-order valence-corrected chi connectivity index (χ3v) is 7.71. The summed E-state index contributed by atoms with van der Waals surface area (Å²) >= 11 is 4.56. The summed E-state index contributed by atoms with van der Waals surface area (Å²) in [7, 11) is 0. The molecule has 3 aromatic heterocycles. The van der Waals surface area contributed by atoms with Gasteiger partial charge in [0.1, 0.15) is 5.01 Å². The molecule has 0 spiro atoms. The molecule has 10 heteroatoms. The van der Waals surface area contributed by atoms with Crippen LogP contribution in [-0.2, 0) is 11.3 Å². The van der Waals surface area contributed by atoms with Crippen LogP contribution in [-0.4, -0.2) is 36.6 Å². The molecule has 154 valence electrons. The third kappa shape index (κ3) is 5.04. The van der Waals surface area contributed by atoms with Gasteiger partial charge in [-0.25, -0.2) is 0 Å². The molecule has 3 aromatic rings. The van der Waals surface area contributed by atoms with Crippen LogP contribution in [0.4, 0.5) is 5.13 Å². The van der Waals surface area contributed by atoms with Crippen LogP contribution in [0, 0.1) is 0 Å². The molecule has 1 amide bonds. The molecule has 0 bridgehead atoms. The number of carbonyl (C=O) groups excluding carboxylic acids is 1. The van der Waals surface area contributed by atoms with Crippen molar-refractivity contribution in [2.75, 3.05) is 11.1 Å². The second-order valence-electron chi connectivity index (χ2n) is 7.05. The van der Waals surface area contributed by atoms with Crippen LogP contribution < -0.4 is 5.32 Å². The minimum absolute atomic E-state index is 0.0925. The highest BCUT2D eigenvalue weighted by Crippen LogP contribution is 2.35. The van der Waals surface area contributed by atoms with Gasteiger partial charge in [-0.1, -0.05) is 55.4 Å². The highest BCUT2D eigenvalue weighted by Gasteiger charge is 2.21. The monoisotopic (exact) mass is 448 g/mol. The molecule has 0 atom stereocenters. The summed E-state index contributed by atoms with van der Waals surface area (Å²) in [5, 5.41) is 24.5. The molecule has 7 nitrogen and oxygen atoms in total. The Balaban J connectivity index is 1.36.